The first-order chi connectivity index (χ1) is 37.7. The first-order valence-electron chi connectivity index (χ1n) is 27.1. The maximum Gasteiger partial charge on any atom is 0.0541 e. The molecule has 0 radical (unpaired) electrons. The van der Waals surface area contributed by atoms with Gasteiger partial charge in [-0.15, -0.1) is 0 Å². The normalized spacial score (nSPS) is 14.0. The summed E-state index contributed by atoms with van der Waals surface area (Å²) in [5.41, 5.74) is 17.8. The molecule has 4 heteroatoms. The van der Waals surface area contributed by atoms with Crippen LogP contribution in [-0.4, -0.2) is 18.3 Å². The van der Waals surface area contributed by atoms with E-state index in [1.165, 1.54) is 148 Å². The number of allylic oxidation sites excluding steroid dienone is 4. The molecule has 358 valence electrons. The summed E-state index contributed by atoms with van der Waals surface area (Å²) < 4.78 is 10.0. The molecule has 10 aromatic carbocycles. The van der Waals surface area contributed by atoms with Gasteiger partial charge in [0.15, 0.2) is 0 Å². The van der Waals surface area contributed by atoms with E-state index < -0.39 is 0 Å². The highest BCUT2D eigenvalue weighted by molar-refractivity contribution is 6.18. The van der Waals surface area contributed by atoms with Crippen LogP contribution in [0.5, 0.6) is 0 Å². The van der Waals surface area contributed by atoms with Crippen molar-refractivity contribution in [2.45, 2.75) is 38.5 Å². The van der Waals surface area contributed by atoms with Crippen molar-refractivity contribution < 1.29 is 0 Å². The zero-order valence-electron chi connectivity index (χ0n) is 42.0. The quantitative estimate of drug-likeness (QED) is 0.167. The summed E-state index contributed by atoms with van der Waals surface area (Å²) in [7, 11) is 0. The lowest BCUT2D eigenvalue weighted by atomic mass is 9.93. The molecule has 0 spiro atoms. The third kappa shape index (κ3) is 6.13. The average molecular weight is 971 g/mol. The number of nitrogens with zero attached hydrogens (tertiary/aromatic N) is 4. The Labute approximate surface area is 438 Å². The van der Waals surface area contributed by atoms with Gasteiger partial charge in [-0.05, 0) is 209 Å². The Morgan fingerprint density at radius 1 is 0.263 bits per heavy atom. The molecule has 0 amide bonds. The Morgan fingerprint density at radius 3 is 0.974 bits per heavy atom. The number of rotatable bonds is 4. The second-order valence-corrected chi connectivity index (χ2v) is 21.4. The van der Waals surface area contributed by atoms with E-state index in [0.29, 0.717) is 0 Å². The van der Waals surface area contributed by atoms with Gasteiger partial charge in [-0.1, -0.05) is 103 Å². The van der Waals surface area contributed by atoms with Crippen molar-refractivity contribution in [3.8, 4) is 17.1 Å². The Bertz CT molecular complexity index is 5020. The number of fused-ring (bicyclic) bond motifs is 12. The lowest BCUT2D eigenvalue weighted by Gasteiger charge is -2.17. The summed E-state index contributed by atoms with van der Waals surface area (Å²) in [6.07, 6.45) is 13.1. The van der Waals surface area contributed by atoms with Gasteiger partial charge in [0.25, 0.3) is 0 Å². The summed E-state index contributed by atoms with van der Waals surface area (Å²) in [5.74, 6) is 0. The second-order valence-electron chi connectivity index (χ2n) is 21.4. The SMILES string of the molecule is C1=CC(n2c3ccc4cc3c3cc(ccc32)c2ccc3c(c2)c2cc(ccc2n3-c2ccccc2)c2ccc3c(c2)c2cc(ccc2n3-c2ccccc2)c2cc3c(n(-c5ccccc5)c5c3cc4CC5)CC2)=CCC1. The van der Waals surface area contributed by atoms with Crippen LogP contribution in [0.3, 0.4) is 0 Å². The minimum absolute atomic E-state index is 0.972. The molecule has 76 heavy (non-hydrogen) atoms. The maximum absolute atomic E-state index is 2.61. The van der Waals surface area contributed by atoms with Gasteiger partial charge in [-0.25, -0.2) is 0 Å². The predicted octanol–water partition coefficient (Wildman–Crippen LogP) is 18.5. The van der Waals surface area contributed by atoms with Crippen LogP contribution in [-0.2, 0) is 25.7 Å². The van der Waals surface area contributed by atoms with Crippen LogP contribution in [0.1, 0.15) is 35.4 Å². The molecule has 4 nitrogen and oxygen atoms in total. The monoisotopic (exact) mass is 970 g/mol. The molecule has 3 aliphatic rings. The molecule has 0 N–H and O–H groups in total. The molecule has 3 aliphatic carbocycles. The van der Waals surface area contributed by atoms with Crippen LogP contribution in [0, 0.1) is 0 Å². The topological polar surface area (TPSA) is 19.7 Å². The number of hydrogen-bond donors (Lipinski definition) is 0. The lowest BCUT2D eigenvalue weighted by Crippen LogP contribution is -2.09. The molecule has 4 heterocycles. The molecule has 4 aromatic heterocycles. The van der Waals surface area contributed by atoms with Crippen molar-refractivity contribution in [1.82, 2.24) is 18.3 Å². The third-order valence-corrected chi connectivity index (χ3v) is 17.3. The van der Waals surface area contributed by atoms with E-state index in [2.05, 4.69) is 249 Å². The smallest absolute Gasteiger partial charge is 0.0541 e. The van der Waals surface area contributed by atoms with Gasteiger partial charge in [0.05, 0.1) is 33.1 Å². The molecule has 0 aliphatic heterocycles. The van der Waals surface area contributed by atoms with Crippen molar-refractivity contribution >= 4 is 114 Å². The molecular formula is C72H50N4. The van der Waals surface area contributed by atoms with Gasteiger partial charge in [0.1, 0.15) is 0 Å². The minimum atomic E-state index is 0.972. The first-order valence-corrected chi connectivity index (χ1v) is 27.1. The highest BCUT2D eigenvalue weighted by Crippen LogP contribution is 2.42. The Hall–Kier alpha value is -9.38. The van der Waals surface area contributed by atoms with Crippen LogP contribution >= 0.6 is 0 Å². The molecular weight excluding hydrogens is 921 g/mol. The number of benzene rings is 9. The van der Waals surface area contributed by atoms with Gasteiger partial charge in [0, 0.05) is 77.2 Å². The zero-order valence-corrected chi connectivity index (χ0v) is 42.0. The average Bonchev–Trinajstić information content (AvgIpc) is 4.21. The van der Waals surface area contributed by atoms with Crippen LogP contribution in [0.4, 0.5) is 0 Å². The third-order valence-electron chi connectivity index (χ3n) is 17.3. The molecule has 0 saturated heterocycles. The van der Waals surface area contributed by atoms with E-state index in [1.54, 1.807) is 0 Å². The van der Waals surface area contributed by atoms with E-state index in [4.69, 9.17) is 0 Å². The van der Waals surface area contributed by atoms with Gasteiger partial charge in [-0.2, -0.15) is 0 Å². The number of aromatic nitrogens is 4. The first kappa shape index (κ1) is 42.0. The van der Waals surface area contributed by atoms with Crippen molar-refractivity contribution in [3.63, 3.8) is 0 Å². The predicted molar refractivity (Wildman–Crippen MR) is 321 cm³/mol. The molecule has 14 aromatic rings. The standard InChI is InChI=1S/C72H50N4/c1-5-13-53(14-6-1)73-65-29-21-45-37-57(65)58-38-46(22-30-66(58)73)48-24-32-68-60(40-48)62-42-50(26-34-70(62)75(68)55-17-9-3-10-18-55)52-28-36-72-64(44-52)63-43-51(27-35-71(63)76(72)56-19-11-4-12-20-56)49-25-33-69-61(41-49)59-39-47(45)23-31-67(59)74(69)54-15-7-2-8-16-54/h1-3,5-11,13-23,25,27-31,33,35-44H,4,12,24,26,32,34H2. The maximum atomic E-state index is 2.61. The van der Waals surface area contributed by atoms with E-state index in [-0.39, 0.29) is 0 Å². The van der Waals surface area contributed by atoms with Crippen LogP contribution in [0.25, 0.3) is 131 Å². The highest BCUT2D eigenvalue weighted by Gasteiger charge is 2.24. The fourth-order valence-corrected chi connectivity index (χ4v) is 13.8. The van der Waals surface area contributed by atoms with Crippen LogP contribution in [0.15, 0.2) is 231 Å². The van der Waals surface area contributed by atoms with Gasteiger partial charge in [0.2, 0.25) is 0 Å². The van der Waals surface area contributed by atoms with E-state index in [0.717, 1.165) is 44.2 Å². The van der Waals surface area contributed by atoms with Gasteiger partial charge >= 0.3 is 0 Å². The molecule has 0 unspecified atom stereocenters. The molecule has 17 rings (SSSR count). The van der Waals surface area contributed by atoms with Crippen molar-refractivity contribution in [2.75, 3.05) is 0 Å². The lowest BCUT2D eigenvalue weighted by molar-refractivity contribution is 0.807. The van der Waals surface area contributed by atoms with Gasteiger partial charge in [-0.3, -0.25) is 0 Å². The number of hydrogen-bond acceptors (Lipinski definition) is 0. The molecule has 0 atom stereocenters. The van der Waals surface area contributed by atoms with Crippen molar-refractivity contribution in [3.05, 3.63) is 253 Å². The fraction of sp³-hybridized carbons (Fsp3) is 0.0833. The Balaban J connectivity index is 1.03. The number of para-hydroxylation sites is 3. The van der Waals surface area contributed by atoms with Gasteiger partial charge < -0.3 is 18.3 Å². The van der Waals surface area contributed by atoms with E-state index in [9.17, 15) is 0 Å². The fourth-order valence-electron chi connectivity index (χ4n) is 13.8. The van der Waals surface area contributed by atoms with Crippen molar-refractivity contribution in [1.29, 1.82) is 0 Å². The summed E-state index contributed by atoms with van der Waals surface area (Å²) in [4.78, 5) is 0. The second kappa shape index (κ2) is 16.1. The largest absolute Gasteiger partial charge is 0.317 e. The Kier molecular flexibility index (Phi) is 8.88. The summed E-state index contributed by atoms with van der Waals surface area (Å²) in [6, 6.07) is 81.0. The Morgan fingerprint density at radius 2 is 0.605 bits per heavy atom. The molecule has 0 saturated carbocycles. The van der Waals surface area contributed by atoms with E-state index in [1.807, 2.05) is 0 Å². The summed E-state index contributed by atoms with van der Waals surface area (Å²) >= 11 is 0. The van der Waals surface area contributed by atoms with Crippen molar-refractivity contribution in [2.24, 2.45) is 0 Å². The highest BCUT2D eigenvalue weighted by atomic mass is 15.0. The van der Waals surface area contributed by atoms with E-state index >= 15 is 0 Å². The van der Waals surface area contributed by atoms with Crippen LogP contribution in [0.2, 0.25) is 0 Å². The summed E-state index contributed by atoms with van der Waals surface area (Å²) in [6.45, 7) is 0. The zero-order chi connectivity index (χ0) is 49.6. The summed E-state index contributed by atoms with van der Waals surface area (Å²) in [5, 5.41) is 17.8. The number of aryl methyl sites for hydroxylation is 4. The molecule has 16 bridgehead atoms. The molecule has 0 fully saturated rings. The van der Waals surface area contributed by atoms with Crippen LogP contribution < -0.4 is 0 Å². The minimum Gasteiger partial charge on any atom is -0.317 e.